The molecular weight excluding hydrogens is 254 g/mol. The van der Waals surface area contributed by atoms with Gasteiger partial charge in [0.25, 0.3) is 0 Å². The molecule has 2 rings (SSSR count). The second-order valence-corrected chi connectivity index (χ2v) is 5.27. The molecule has 0 bridgehead atoms. The van der Waals surface area contributed by atoms with Crippen molar-refractivity contribution in [1.29, 1.82) is 0 Å². The number of nitrogen functional groups attached to an aromatic ring is 1. The van der Waals surface area contributed by atoms with E-state index in [-0.39, 0.29) is 0 Å². The van der Waals surface area contributed by atoms with Crippen LogP contribution in [0.1, 0.15) is 32.6 Å². The van der Waals surface area contributed by atoms with Gasteiger partial charge in [-0.3, -0.25) is 0 Å². The van der Waals surface area contributed by atoms with Gasteiger partial charge in [-0.15, -0.1) is 0 Å². The SMILES string of the molecule is COCCCNc1ncnc(N2CCCCC2C)c1N. The van der Waals surface area contributed by atoms with E-state index in [0.29, 0.717) is 11.7 Å². The molecule has 0 amide bonds. The predicted octanol–water partition coefficient (Wildman–Crippen LogP) is 1.89. The van der Waals surface area contributed by atoms with Crippen molar-refractivity contribution in [2.24, 2.45) is 0 Å². The monoisotopic (exact) mass is 279 g/mol. The van der Waals surface area contributed by atoms with Gasteiger partial charge in [0.05, 0.1) is 0 Å². The lowest BCUT2D eigenvalue weighted by Gasteiger charge is -2.35. The summed E-state index contributed by atoms with van der Waals surface area (Å²) in [6.45, 7) is 4.77. The van der Waals surface area contributed by atoms with Crippen LogP contribution >= 0.6 is 0 Å². The van der Waals surface area contributed by atoms with Crippen LogP contribution < -0.4 is 16.0 Å². The summed E-state index contributed by atoms with van der Waals surface area (Å²) in [4.78, 5) is 10.9. The van der Waals surface area contributed by atoms with E-state index in [1.807, 2.05) is 0 Å². The number of methoxy groups -OCH3 is 1. The number of nitrogens with zero attached hydrogens (tertiary/aromatic N) is 3. The number of ether oxygens (including phenoxy) is 1. The number of anilines is 3. The highest BCUT2D eigenvalue weighted by molar-refractivity contribution is 5.75. The first-order chi connectivity index (χ1) is 9.74. The van der Waals surface area contributed by atoms with E-state index < -0.39 is 0 Å². The Morgan fingerprint density at radius 2 is 2.30 bits per heavy atom. The van der Waals surface area contributed by atoms with Gasteiger partial charge in [0.2, 0.25) is 0 Å². The molecule has 2 heterocycles. The summed E-state index contributed by atoms with van der Waals surface area (Å²) in [6, 6.07) is 0.488. The van der Waals surface area contributed by atoms with E-state index in [0.717, 1.165) is 37.8 Å². The Morgan fingerprint density at radius 1 is 1.45 bits per heavy atom. The van der Waals surface area contributed by atoms with Crippen molar-refractivity contribution < 1.29 is 4.74 Å². The third-order valence-corrected chi connectivity index (χ3v) is 3.76. The molecule has 0 saturated carbocycles. The normalized spacial score (nSPS) is 19.1. The highest BCUT2D eigenvalue weighted by Crippen LogP contribution is 2.30. The number of rotatable bonds is 6. The fourth-order valence-corrected chi connectivity index (χ4v) is 2.59. The van der Waals surface area contributed by atoms with E-state index in [4.69, 9.17) is 10.5 Å². The number of hydrogen-bond acceptors (Lipinski definition) is 6. The molecule has 0 spiro atoms. The zero-order valence-electron chi connectivity index (χ0n) is 12.4. The van der Waals surface area contributed by atoms with Gasteiger partial charge in [0.1, 0.15) is 12.0 Å². The first-order valence-corrected chi connectivity index (χ1v) is 7.34. The van der Waals surface area contributed by atoms with Gasteiger partial charge in [-0.05, 0) is 32.6 Å². The minimum absolute atomic E-state index is 0.488. The van der Waals surface area contributed by atoms with E-state index in [9.17, 15) is 0 Å². The van der Waals surface area contributed by atoms with Crippen molar-refractivity contribution in [3.63, 3.8) is 0 Å². The van der Waals surface area contributed by atoms with Crippen LogP contribution in [0.4, 0.5) is 17.3 Å². The molecule has 6 nitrogen and oxygen atoms in total. The molecule has 6 heteroatoms. The molecule has 0 radical (unpaired) electrons. The Hall–Kier alpha value is -1.56. The molecule has 1 atom stereocenters. The minimum atomic E-state index is 0.488. The Bertz CT molecular complexity index is 426. The van der Waals surface area contributed by atoms with Gasteiger partial charge in [-0.1, -0.05) is 0 Å². The third kappa shape index (κ3) is 3.50. The van der Waals surface area contributed by atoms with Crippen LogP contribution in [0.3, 0.4) is 0 Å². The first-order valence-electron chi connectivity index (χ1n) is 7.34. The van der Waals surface area contributed by atoms with Crippen LogP contribution in [0.5, 0.6) is 0 Å². The van der Waals surface area contributed by atoms with Crippen LogP contribution in [0.2, 0.25) is 0 Å². The van der Waals surface area contributed by atoms with Gasteiger partial charge in [0.15, 0.2) is 11.6 Å². The highest BCUT2D eigenvalue weighted by Gasteiger charge is 2.22. The Kier molecular flexibility index (Phi) is 5.40. The van der Waals surface area contributed by atoms with Crippen molar-refractivity contribution in [1.82, 2.24) is 9.97 Å². The third-order valence-electron chi connectivity index (χ3n) is 3.76. The number of nitrogens with two attached hydrogens (primary N) is 1. The van der Waals surface area contributed by atoms with E-state index >= 15 is 0 Å². The summed E-state index contributed by atoms with van der Waals surface area (Å²) in [5.74, 6) is 1.59. The van der Waals surface area contributed by atoms with Crippen molar-refractivity contribution in [2.45, 2.75) is 38.6 Å². The fraction of sp³-hybridized carbons (Fsp3) is 0.714. The topological polar surface area (TPSA) is 76.3 Å². The molecular formula is C14H25N5O. The maximum Gasteiger partial charge on any atom is 0.157 e. The van der Waals surface area contributed by atoms with Gasteiger partial charge in [-0.2, -0.15) is 0 Å². The summed E-state index contributed by atoms with van der Waals surface area (Å²) in [7, 11) is 1.70. The van der Waals surface area contributed by atoms with Crippen LogP contribution in [0.25, 0.3) is 0 Å². The van der Waals surface area contributed by atoms with Crippen molar-refractivity contribution in [3.05, 3.63) is 6.33 Å². The number of piperidine rings is 1. The molecule has 1 unspecified atom stereocenters. The molecule has 1 aromatic rings. The van der Waals surface area contributed by atoms with Crippen molar-refractivity contribution >= 4 is 17.3 Å². The van der Waals surface area contributed by atoms with Gasteiger partial charge in [-0.25, -0.2) is 9.97 Å². The lowest BCUT2D eigenvalue weighted by atomic mass is 10.0. The maximum absolute atomic E-state index is 6.23. The summed E-state index contributed by atoms with van der Waals surface area (Å²) < 4.78 is 5.03. The Labute approximate surface area is 120 Å². The molecule has 1 fully saturated rings. The summed E-state index contributed by atoms with van der Waals surface area (Å²) in [5.41, 5.74) is 6.88. The lowest BCUT2D eigenvalue weighted by molar-refractivity contribution is 0.198. The Balaban J connectivity index is 2.06. The summed E-state index contributed by atoms with van der Waals surface area (Å²) in [5, 5.41) is 3.26. The van der Waals surface area contributed by atoms with Crippen LogP contribution in [-0.2, 0) is 4.74 Å². The Morgan fingerprint density at radius 3 is 3.05 bits per heavy atom. The largest absolute Gasteiger partial charge is 0.393 e. The second-order valence-electron chi connectivity index (χ2n) is 5.27. The second kappa shape index (κ2) is 7.28. The van der Waals surface area contributed by atoms with Crippen molar-refractivity contribution in [3.8, 4) is 0 Å². The maximum atomic E-state index is 6.23. The van der Waals surface area contributed by atoms with Crippen LogP contribution in [0.15, 0.2) is 6.33 Å². The number of aromatic nitrogens is 2. The zero-order valence-corrected chi connectivity index (χ0v) is 12.4. The minimum Gasteiger partial charge on any atom is -0.393 e. The van der Waals surface area contributed by atoms with Crippen molar-refractivity contribution in [2.75, 3.05) is 42.8 Å². The fourth-order valence-electron chi connectivity index (χ4n) is 2.59. The zero-order chi connectivity index (χ0) is 14.4. The van der Waals surface area contributed by atoms with E-state index in [1.165, 1.54) is 19.3 Å². The molecule has 20 heavy (non-hydrogen) atoms. The standard InChI is InChI=1S/C14H25N5O/c1-11-6-3-4-8-19(11)14-12(15)13(17-10-18-14)16-7-5-9-20-2/h10-11H,3-9,15H2,1-2H3,(H,16,17,18). The van der Waals surface area contributed by atoms with E-state index in [2.05, 4.69) is 27.1 Å². The molecule has 1 aliphatic heterocycles. The van der Waals surface area contributed by atoms with Crippen LogP contribution in [-0.4, -0.2) is 42.8 Å². The smallest absolute Gasteiger partial charge is 0.157 e. The predicted molar refractivity (Wildman–Crippen MR) is 82.1 cm³/mol. The number of hydrogen-bond donors (Lipinski definition) is 2. The summed E-state index contributed by atoms with van der Waals surface area (Å²) >= 11 is 0. The highest BCUT2D eigenvalue weighted by atomic mass is 16.5. The first kappa shape index (κ1) is 14.8. The average Bonchev–Trinajstić information content (AvgIpc) is 2.46. The van der Waals surface area contributed by atoms with Crippen LogP contribution in [0, 0.1) is 0 Å². The molecule has 3 N–H and O–H groups in total. The van der Waals surface area contributed by atoms with Gasteiger partial charge >= 0.3 is 0 Å². The molecule has 0 aromatic carbocycles. The molecule has 1 aliphatic rings. The number of nitrogens with one attached hydrogen (secondary N) is 1. The van der Waals surface area contributed by atoms with Gasteiger partial charge < -0.3 is 20.7 Å². The summed E-state index contributed by atoms with van der Waals surface area (Å²) in [6.07, 6.45) is 6.19. The lowest BCUT2D eigenvalue weighted by Crippen LogP contribution is -2.38. The van der Waals surface area contributed by atoms with Gasteiger partial charge in [0, 0.05) is 32.8 Å². The molecule has 1 saturated heterocycles. The quantitative estimate of drug-likeness (QED) is 0.774. The molecule has 1 aromatic heterocycles. The molecule has 0 aliphatic carbocycles. The average molecular weight is 279 g/mol. The molecule has 112 valence electrons. The van der Waals surface area contributed by atoms with E-state index in [1.54, 1.807) is 13.4 Å².